The first-order chi connectivity index (χ1) is 18.3. The van der Waals surface area contributed by atoms with Crippen molar-refractivity contribution in [2.24, 2.45) is 11.8 Å². The molecule has 0 spiro atoms. The molecule has 0 bridgehead atoms. The van der Waals surface area contributed by atoms with Crippen LogP contribution < -0.4 is 0 Å². The molecule has 0 amide bonds. The second-order valence-corrected chi connectivity index (χ2v) is 9.49. The van der Waals surface area contributed by atoms with Crippen molar-refractivity contribution < 1.29 is 74.6 Å². The molecule has 2 rings (SSSR count). The Labute approximate surface area is 221 Å². The van der Waals surface area contributed by atoms with E-state index in [9.17, 15) is 74.6 Å². The van der Waals surface area contributed by atoms with E-state index in [0.29, 0.717) is 19.3 Å². The van der Waals surface area contributed by atoms with Crippen LogP contribution in [0.4, 0.5) is 74.6 Å². The van der Waals surface area contributed by atoms with Gasteiger partial charge in [-0.3, -0.25) is 0 Å². The Balaban J connectivity index is 2.55. The second kappa shape index (κ2) is 11.0. The van der Waals surface area contributed by atoms with Crippen LogP contribution in [0.5, 0.6) is 0 Å². The summed E-state index contributed by atoms with van der Waals surface area (Å²) in [5, 5.41) is 0. The van der Waals surface area contributed by atoms with Gasteiger partial charge in [0.1, 0.15) is 0 Å². The zero-order chi connectivity index (χ0) is 31.9. The summed E-state index contributed by atoms with van der Waals surface area (Å²) >= 11 is 0. The summed E-state index contributed by atoms with van der Waals surface area (Å²) in [5.74, 6) is -54.9. The minimum atomic E-state index is -8.63. The number of rotatable bonds is 9. The van der Waals surface area contributed by atoms with Crippen LogP contribution in [0.15, 0.2) is 30.3 Å². The Kier molecular flexibility index (Phi) is 9.35. The van der Waals surface area contributed by atoms with Crippen molar-refractivity contribution in [2.75, 3.05) is 0 Å². The first kappa shape index (κ1) is 34.8. The maximum absolute atomic E-state index is 14.7. The minimum Gasteiger partial charge on any atom is -0.200 e. The highest BCUT2D eigenvalue weighted by atomic mass is 19.4. The molecule has 1 aliphatic rings. The first-order valence-electron chi connectivity index (χ1n) is 11.6. The van der Waals surface area contributed by atoms with E-state index in [1.54, 1.807) is 0 Å². The number of hydrogen-bond acceptors (Lipinski definition) is 0. The Morgan fingerprint density at radius 3 is 1.41 bits per heavy atom. The monoisotopic (exact) mass is 630 g/mol. The molecule has 234 valence electrons. The van der Waals surface area contributed by atoms with Crippen molar-refractivity contribution in [3.63, 3.8) is 0 Å². The molecule has 17 heteroatoms. The van der Waals surface area contributed by atoms with E-state index in [1.807, 2.05) is 0 Å². The highest BCUT2D eigenvalue weighted by Gasteiger charge is 2.95. The minimum absolute atomic E-state index is 0.0131. The van der Waals surface area contributed by atoms with Crippen LogP contribution in [-0.2, 0) is 0 Å². The van der Waals surface area contributed by atoms with Gasteiger partial charge in [-0.2, -0.15) is 74.6 Å². The van der Waals surface area contributed by atoms with Gasteiger partial charge in [0.2, 0.25) is 0 Å². The molecular formula is C24H19F17. The van der Waals surface area contributed by atoms with E-state index in [4.69, 9.17) is 0 Å². The van der Waals surface area contributed by atoms with Crippen molar-refractivity contribution in [3.05, 3.63) is 35.9 Å². The van der Waals surface area contributed by atoms with Crippen molar-refractivity contribution >= 4 is 0 Å². The summed E-state index contributed by atoms with van der Waals surface area (Å²) in [7, 11) is 0. The molecule has 1 unspecified atom stereocenters. The molecule has 0 radical (unpaired) electrons. The highest BCUT2D eigenvalue weighted by molar-refractivity contribution is 5.34. The average molecular weight is 630 g/mol. The molecule has 41 heavy (non-hydrogen) atoms. The number of halogens is 17. The van der Waals surface area contributed by atoms with E-state index in [2.05, 4.69) is 11.8 Å². The second-order valence-electron chi connectivity index (χ2n) is 9.49. The van der Waals surface area contributed by atoms with Gasteiger partial charge in [-0.15, -0.1) is 0 Å². The van der Waals surface area contributed by atoms with Gasteiger partial charge in [0, 0.05) is 17.9 Å². The van der Waals surface area contributed by atoms with E-state index >= 15 is 0 Å². The molecule has 0 aliphatic heterocycles. The van der Waals surface area contributed by atoms with Gasteiger partial charge in [-0.05, 0) is 30.9 Å². The van der Waals surface area contributed by atoms with Gasteiger partial charge in [0.25, 0.3) is 0 Å². The van der Waals surface area contributed by atoms with Gasteiger partial charge in [0.05, 0.1) is 0 Å². The topological polar surface area (TPSA) is 0 Å². The maximum atomic E-state index is 14.7. The average Bonchev–Trinajstić information content (AvgIpc) is 2.86. The number of hydrogen-bond donors (Lipinski definition) is 0. The fourth-order valence-corrected chi connectivity index (χ4v) is 4.17. The van der Waals surface area contributed by atoms with E-state index < -0.39 is 65.9 Å². The Bertz CT molecular complexity index is 1090. The zero-order valence-corrected chi connectivity index (χ0v) is 20.2. The van der Waals surface area contributed by atoms with Crippen LogP contribution in [0.3, 0.4) is 0 Å². The summed E-state index contributed by atoms with van der Waals surface area (Å²) in [4.78, 5) is 0. The third kappa shape index (κ3) is 5.80. The van der Waals surface area contributed by atoms with Crippen LogP contribution >= 0.6 is 0 Å². The molecule has 0 aromatic heterocycles. The Hall–Kier alpha value is -2.41. The van der Waals surface area contributed by atoms with Crippen LogP contribution in [0.1, 0.15) is 44.1 Å². The Morgan fingerprint density at radius 1 is 0.561 bits per heavy atom. The quantitative estimate of drug-likeness (QED) is 0.188. The molecule has 0 heterocycles. The van der Waals surface area contributed by atoms with Crippen LogP contribution in [-0.4, -0.2) is 47.6 Å². The lowest BCUT2D eigenvalue weighted by Crippen LogP contribution is -2.74. The maximum Gasteiger partial charge on any atom is 0.460 e. The zero-order valence-electron chi connectivity index (χ0n) is 20.2. The highest BCUT2D eigenvalue weighted by Crippen LogP contribution is 2.64. The fourth-order valence-electron chi connectivity index (χ4n) is 4.17. The molecule has 1 saturated carbocycles. The predicted octanol–water partition coefficient (Wildman–Crippen LogP) is 9.63. The van der Waals surface area contributed by atoms with Gasteiger partial charge in [-0.25, -0.2) is 0 Å². The van der Waals surface area contributed by atoms with Gasteiger partial charge < -0.3 is 0 Å². The summed E-state index contributed by atoms with van der Waals surface area (Å²) in [5.41, 5.74) is 0.104. The third-order valence-electron chi connectivity index (χ3n) is 6.66. The molecule has 0 N–H and O–H groups in total. The van der Waals surface area contributed by atoms with Crippen molar-refractivity contribution in [3.8, 4) is 11.8 Å². The normalized spacial score (nSPS) is 18.1. The van der Waals surface area contributed by atoms with Crippen molar-refractivity contribution in [2.45, 2.75) is 86.2 Å². The van der Waals surface area contributed by atoms with E-state index in [1.165, 1.54) is 30.3 Å². The van der Waals surface area contributed by atoms with Crippen LogP contribution in [0.2, 0.25) is 0 Å². The standard InChI is InChI=1S/C24H19F17/c25-17(26,13-16(15-9-5-2-6-10-15)12-11-14-7-3-1-4-8-14)18(27,28)19(29,30)20(31,32)21(33,34)22(35,36)23(37,38)24(39,40)41/h1,3-4,7-8,15-16H,2,5-6,9-10,13H2. The van der Waals surface area contributed by atoms with Gasteiger partial charge in [-0.1, -0.05) is 49.3 Å². The molecule has 1 atom stereocenters. The first-order valence-corrected chi connectivity index (χ1v) is 11.6. The lowest BCUT2D eigenvalue weighted by atomic mass is 9.76. The molecule has 1 aliphatic carbocycles. The number of alkyl halides is 17. The predicted molar refractivity (Wildman–Crippen MR) is 109 cm³/mol. The lowest BCUT2D eigenvalue weighted by Gasteiger charge is -2.43. The molecular weight excluding hydrogens is 611 g/mol. The van der Waals surface area contributed by atoms with Gasteiger partial charge >= 0.3 is 47.6 Å². The summed E-state index contributed by atoms with van der Waals surface area (Å²) in [6.45, 7) is 0. The number of benzene rings is 1. The molecule has 1 aromatic carbocycles. The van der Waals surface area contributed by atoms with Gasteiger partial charge in [0.15, 0.2) is 0 Å². The lowest BCUT2D eigenvalue weighted by molar-refractivity contribution is -0.462. The van der Waals surface area contributed by atoms with E-state index in [-0.39, 0.29) is 18.4 Å². The largest absolute Gasteiger partial charge is 0.460 e. The fraction of sp³-hybridized carbons (Fsp3) is 0.667. The third-order valence-corrected chi connectivity index (χ3v) is 6.66. The Morgan fingerprint density at radius 2 is 0.976 bits per heavy atom. The smallest absolute Gasteiger partial charge is 0.200 e. The van der Waals surface area contributed by atoms with Crippen molar-refractivity contribution in [1.82, 2.24) is 0 Å². The molecule has 0 nitrogen and oxygen atoms in total. The summed E-state index contributed by atoms with van der Waals surface area (Å²) < 4.78 is 231. The SMILES string of the molecule is FC(F)(F)C(F)(F)C(F)(F)C(F)(F)C(F)(F)C(F)(F)C(F)(F)C(F)(F)CC(C#Cc1ccccc1)C1CCCCC1. The van der Waals surface area contributed by atoms with E-state index in [0.717, 1.165) is 0 Å². The summed E-state index contributed by atoms with van der Waals surface area (Å²) in [6.07, 6.45) is -9.08. The molecule has 1 fully saturated rings. The molecule has 1 aromatic rings. The van der Waals surface area contributed by atoms with Crippen molar-refractivity contribution in [1.29, 1.82) is 0 Å². The molecule has 0 saturated heterocycles. The van der Waals surface area contributed by atoms with Crippen LogP contribution in [0.25, 0.3) is 0 Å². The van der Waals surface area contributed by atoms with Crippen LogP contribution in [0, 0.1) is 23.7 Å². The summed E-state index contributed by atoms with van der Waals surface area (Å²) in [6, 6.07) is 6.92.